The van der Waals surface area contributed by atoms with Crippen LogP contribution in [0, 0.1) is 0 Å². The zero-order valence-electron chi connectivity index (χ0n) is 15.6. The molecule has 0 radical (unpaired) electrons. The van der Waals surface area contributed by atoms with Crippen LogP contribution in [0.25, 0.3) is 0 Å². The Morgan fingerprint density at radius 3 is 2.65 bits per heavy atom. The van der Waals surface area contributed by atoms with Crippen molar-refractivity contribution in [2.45, 2.75) is 38.6 Å². The lowest BCUT2D eigenvalue weighted by Gasteiger charge is -2.30. The van der Waals surface area contributed by atoms with Crippen LogP contribution >= 0.6 is 0 Å². The molecule has 142 valence electrons. The van der Waals surface area contributed by atoms with Crippen LogP contribution in [0.1, 0.15) is 38.2 Å². The Labute approximate surface area is 154 Å². The Bertz CT molecular complexity index is 645. The summed E-state index contributed by atoms with van der Waals surface area (Å²) in [5, 5.41) is 5.61. The van der Waals surface area contributed by atoms with E-state index in [9.17, 15) is 14.4 Å². The van der Waals surface area contributed by atoms with Gasteiger partial charge in [0.15, 0.2) is 12.6 Å². The van der Waals surface area contributed by atoms with Crippen LogP contribution in [0.5, 0.6) is 0 Å². The molecular formula is C19H28N3O4+. The number of ether oxygens (including phenoxy) is 1. The molecular weight excluding hydrogens is 334 g/mol. The average molecular weight is 362 g/mol. The van der Waals surface area contributed by atoms with E-state index < -0.39 is 12.0 Å². The normalized spacial score (nSPS) is 20.8. The van der Waals surface area contributed by atoms with Gasteiger partial charge in [0.25, 0.3) is 11.8 Å². The van der Waals surface area contributed by atoms with Crippen LogP contribution < -0.4 is 15.5 Å². The van der Waals surface area contributed by atoms with Crippen molar-refractivity contribution < 1.29 is 24.0 Å². The number of quaternary nitrogens is 1. The Morgan fingerprint density at radius 1 is 1.35 bits per heavy atom. The first kappa shape index (κ1) is 19.9. The summed E-state index contributed by atoms with van der Waals surface area (Å²) in [6, 6.07) is 7.22. The number of carbonyl (C=O) groups is 3. The van der Waals surface area contributed by atoms with Gasteiger partial charge in [-0.15, -0.1) is 0 Å². The number of anilines is 1. The zero-order chi connectivity index (χ0) is 19.1. The number of hydrogen-bond donors (Lipinski definition) is 3. The molecule has 1 saturated heterocycles. The molecule has 0 spiro atoms. The number of carbonyl (C=O) groups excluding carboxylic acids is 3. The molecule has 26 heavy (non-hydrogen) atoms. The van der Waals surface area contributed by atoms with Crippen LogP contribution in [0.4, 0.5) is 5.69 Å². The second-order valence-electron chi connectivity index (χ2n) is 6.69. The molecule has 1 aliphatic rings. The van der Waals surface area contributed by atoms with Crippen molar-refractivity contribution >= 4 is 23.5 Å². The molecule has 0 aliphatic carbocycles. The predicted molar refractivity (Wildman–Crippen MR) is 97.9 cm³/mol. The monoisotopic (exact) mass is 362 g/mol. The first-order chi connectivity index (χ1) is 12.4. The highest BCUT2D eigenvalue weighted by Gasteiger charge is 2.36. The van der Waals surface area contributed by atoms with Crippen molar-refractivity contribution in [1.82, 2.24) is 5.32 Å². The van der Waals surface area contributed by atoms with Crippen molar-refractivity contribution in [2.24, 2.45) is 0 Å². The van der Waals surface area contributed by atoms with Crippen molar-refractivity contribution in [3.63, 3.8) is 0 Å². The van der Waals surface area contributed by atoms with E-state index in [1.54, 1.807) is 0 Å². The molecule has 7 nitrogen and oxygen atoms in total. The van der Waals surface area contributed by atoms with Gasteiger partial charge in [-0.1, -0.05) is 26.0 Å². The van der Waals surface area contributed by atoms with Gasteiger partial charge in [-0.2, -0.15) is 0 Å². The standard InChI is InChI=1S/C19H27N3O4/c1-4-13(2)14-5-7-15(8-6-14)21-17(23)12-22-10-9-20-19(25)16(22)11-18(24)26-3/h5-8,13,16H,4,9-12H2,1-3H3,(H,20,25)(H,21,23)/p+1/t13-,16-/m0/s1. The van der Waals surface area contributed by atoms with Crippen LogP contribution in [0.2, 0.25) is 0 Å². The molecule has 0 aromatic heterocycles. The molecule has 1 aromatic rings. The molecule has 2 rings (SSSR count). The Hall–Kier alpha value is -2.41. The van der Waals surface area contributed by atoms with E-state index in [4.69, 9.17) is 0 Å². The summed E-state index contributed by atoms with van der Waals surface area (Å²) >= 11 is 0. The third kappa shape index (κ3) is 5.29. The molecule has 0 bridgehead atoms. The van der Waals surface area contributed by atoms with Gasteiger partial charge in [0.1, 0.15) is 6.42 Å². The molecule has 1 aliphatic heterocycles. The van der Waals surface area contributed by atoms with Crippen molar-refractivity contribution in [3.8, 4) is 0 Å². The second-order valence-corrected chi connectivity index (χ2v) is 6.69. The smallest absolute Gasteiger partial charge is 0.312 e. The lowest BCUT2D eigenvalue weighted by molar-refractivity contribution is -0.909. The minimum atomic E-state index is -0.602. The summed E-state index contributed by atoms with van der Waals surface area (Å²) in [4.78, 5) is 36.8. The predicted octanol–water partition coefficient (Wildman–Crippen LogP) is 0.0850. The molecule has 3 atom stereocenters. The second kappa shape index (κ2) is 9.33. The highest BCUT2D eigenvalue weighted by Crippen LogP contribution is 2.20. The van der Waals surface area contributed by atoms with E-state index in [0.29, 0.717) is 19.0 Å². The van der Waals surface area contributed by atoms with E-state index >= 15 is 0 Å². The van der Waals surface area contributed by atoms with Gasteiger partial charge in [0.05, 0.1) is 20.2 Å². The van der Waals surface area contributed by atoms with Gasteiger partial charge in [0.2, 0.25) is 0 Å². The van der Waals surface area contributed by atoms with Crippen molar-refractivity contribution in [2.75, 3.05) is 32.1 Å². The number of methoxy groups -OCH3 is 1. The van der Waals surface area contributed by atoms with Crippen LogP contribution in [0.15, 0.2) is 24.3 Å². The summed E-state index contributed by atoms with van der Waals surface area (Å²) < 4.78 is 4.66. The van der Waals surface area contributed by atoms with Gasteiger partial charge in [-0.3, -0.25) is 14.4 Å². The van der Waals surface area contributed by atoms with E-state index in [2.05, 4.69) is 29.2 Å². The maximum atomic E-state index is 12.4. The highest BCUT2D eigenvalue weighted by molar-refractivity contribution is 5.92. The maximum Gasteiger partial charge on any atom is 0.312 e. The lowest BCUT2D eigenvalue weighted by atomic mass is 9.99. The molecule has 1 aromatic carbocycles. The number of esters is 1. The fraction of sp³-hybridized carbons (Fsp3) is 0.526. The zero-order valence-corrected chi connectivity index (χ0v) is 15.6. The summed E-state index contributed by atoms with van der Waals surface area (Å²) in [5.41, 5.74) is 1.97. The van der Waals surface area contributed by atoms with E-state index in [0.717, 1.165) is 17.0 Å². The number of nitrogens with one attached hydrogen (secondary N) is 3. The topological polar surface area (TPSA) is 88.9 Å². The quantitative estimate of drug-likeness (QED) is 0.600. The third-order valence-corrected chi connectivity index (χ3v) is 4.92. The van der Waals surface area contributed by atoms with Crippen molar-refractivity contribution in [3.05, 3.63) is 29.8 Å². The highest BCUT2D eigenvalue weighted by atomic mass is 16.5. The number of amides is 2. The summed E-state index contributed by atoms with van der Waals surface area (Å²) in [6.45, 7) is 5.52. The van der Waals surface area contributed by atoms with Gasteiger partial charge in [0, 0.05) is 5.69 Å². The molecule has 2 amide bonds. The van der Waals surface area contributed by atoms with E-state index in [1.165, 1.54) is 12.7 Å². The molecule has 7 heteroatoms. The van der Waals surface area contributed by atoms with Gasteiger partial charge >= 0.3 is 5.97 Å². The average Bonchev–Trinajstić information content (AvgIpc) is 2.64. The number of rotatable bonds is 7. The fourth-order valence-electron chi connectivity index (χ4n) is 3.07. The molecule has 0 saturated carbocycles. The Morgan fingerprint density at radius 2 is 2.04 bits per heavy atom. The Kier molecular flexibility index (Phi) is 7.15. The molecule has 1 fully saturated rings. The molecule has 1 unspecified atom stereocenters. The number of hydrogen-bond acceptors (Lipinski definition) is 4. The summed E-state index contributed by atoms with van der Waals surface area (Å²) in [7, 11) is 1.29. The lowest BCUT2D eigenvalue weighted by Crippen LogP contribution is -3.20. The van der Waals surface area contributed by atoms with Gasteiger partial charge in [-0.05, 0) is 30.0 Å². The largest absolute Gasteiger partial charge is 0.469 e. The van der Waals surface area contributed by atoms with E-state index in [1.807, 2.05) is 24.3 Å². The Balaban J connectivity index is 1.96. The minimum Gasteiger partial charge on any atom is -0.469 e. The summed E-state index contributed by atoms with van der Waals surface area (Å²) in [5.74, 6) is -0.371. The van der Waals surface area contributed by atoms with Crippen molar-refractivity contribution in [1.29, 1.82) is 0 Å². The van der Waals surface area contributed by atoms with Gasteiger partial charge < -0.3 is 20.3 Å². The fourth-order valence-corrected chi connectivity index (χ4v) is 3.07. The summed E-state index contributed by atoms with van der Waals surface area (Å²) in [6.07, 6.45) is 1.03. The van der Waals surface area contributed by atoms with Crippen LogP contribution in [0.3, 0.4) is 0 Å². The minimum absolute atomic E-state index is 0.0332. The number of piperazine rings is 1. The number of benzene rings is 1. The van der Waals surface area contributed by atoms with Crippen LogP contribution in [-0.2, 0) is 19.1 Å². The van der Waals surface area contributed by atoms with Crippen LogP contribution in [-0.4, -0.2) is 50.6 Å². The van der Waals surface area contributed by atoms with Gasteiger partial charge in [-0.25, -0.2) is 0 Å². The maximum absolute atomic E-state index is 12.4. The first-order valence-electron chi connectivity index (χ1n) is 9.03. The molecule has 1 heterocycles. The molecule has 3 N–H and O–H groups in total. The first-order valence-corrected chi connectivity index (χ1v) is 9.03. The SMILES string of the molecule is CC[C@H](C)c1ccc(NC(=O)C[NH+]2CCNC(=O)[C@@H]2CC(=O)OC)cc1. The third-order valence-electron chi connectivity index (χ3n) is 4.92. The van der Waals surface area contributed by atoms with E-state index in [-0.39, 0.29) is 24.8 Å².